The number of carbonyl (C=O) groups is 2. The average molecular weight is 335 g/mol. The number of unbranched alkanes of at least 4 members (excludes halogenated alkanes) is 3. The third-order valence-electron chi connectivity index (χ3n) is 3.35. The van der Waals surface area contributed by atoms with Crippen molar-refractivity contribution in [3.05, 3.63) is 23.3 Å². The molecule has 2 aromatic rings. The van der Waals surface area contributed by atoms with Crippen LogP contribution in [0.25, 0.3) is 11.3 Å². The van der Waals surface area contributed by atoms with Crippen LogP contribution in [0.5, 0.6) is 0 Å². The molecule has 23 heavy (non-hydrogen) atoms. The molecule has 0 aliphatic heterocycles. The first-order valence-electron chi connectivity index (χ1n) is 7.54. The Morgan fingerprint density at radius 1 is 1.26 bits per heavy atom. The lowest BCUT2D eigenvalue weighted by Gasteiger charge is -2.01. The zero-order valence-electron chi connectivity index (χ0n) is 12.8. The highest BCUT2D eigenvalue weighted by Gasteiger charge is 2.11. The number of anilines is 1. The lowest BCUT2D eigenvalue weighted by atomic mass is 10.1. The molecule has 2 aromatic heterocycles. The van der Waals surface area contributed by atoms with Crippen LogP contribution in [-0.4, -0.2) is 28.3 Å². The van der Waals surface area contributed by atoms with Crippen LogP contribution >= 0.6 is 11.3 Å². The van der Waals surface area contributed by atoms with Gasteiger partial charge < -0.3 is 21.8 Å². The average Bonchev–Trinajstić information content (AvgIpc) is 3.15. The van der Waals surface area contributed by atoms with Crippen molar-refractivity contribution in [2.24, 2.45) is 11.5 Å². The van der Waals surface area contributed by atoms with Crippen molar-refractivity contribution in [1.82, 2.24) is 9.97 Å². The molecule has 2 rings (SSSR count). The summed E-state index contributed by atoms with van der Waals surface area (Å²) in [6, 6.07) is 1.64. The van der Waals surface area contributed by atoms with Gasteiger partial charge in [0.1, 0.15) is 5.69 Å². The number of nitrogens with two attached hydrogens (primary N) is 2. The van der Waals surface area contributed by atoms with E-state index in [0.29, 0.717) is 29.5 Å². The van der Waals surface area contributed by atoms with E-state index < -0.39 is 5.91 Å². The number of carbonyl (C=O) groups excluding carboxylic acids is 2. The first-order chi connectivity index (χ1) is 11.1. The van der Waals surface area contributed by atoms with E-state index in [0.717, 1.165) is 31.2 Å². The van der Waals surface area contributed by atoms with Crippen LogP contribution in [0.2, 0.25) is 0 Å². The molecule has 0 aliphatic rings. The molecule has 7 nitrogen and oxygen atoms in total. The number of primary amides is 1. The van der Waals surface area contributed by atoms with Gasteiger partial charge in [-0.1, -0.05) is 12.8 Å². The maximum atomic E-state index is 11.8. The minimum Gasteiger partial charge on any atom is -0.364 e. The van der Waals surface area contributed by atoms with Crippen molar-refractivity contribution in [2.45, 2.75) is 32.1 Å². The summed E-state index contributed by atoms with van der Waals surface area (Å²) in [6.45, 7) is 0.699. The molecular formula is C15H21N5O2S. The fourth-order valence-electron chi connectivity index (χ4n) is 2.11. The van der Waals surface area contributed by atoms with Crippen LogP contribution in [0.3, 0.4) is 0 Å². The maximum absolute atomic E-state index is 11.8. The van der Waals surface area contributed by atoms with Gasteiger partial charge >= 0.3 is 0 Å². The van der Waals surface area contributed by atoms with Crippen LogP contribution in [0.4, 0.5) is 5.13 Å². The Hall–Kier alpha value is -2.19. The van der Waals surface area contributed by atoms with Gasteiger partial charge in [-0.2, -0.15) is 0 Å². The lowest BCUT2D eigenvalue weighted by molar-refractivity contribution is -0.116. The van der Waals surface area contributed by atoms with Crippen molar-refractivity contribution in [3.63, 3.8) is 0 Å². The Kier molecular flexibility index (Phi) is 6.30. The molecular weight excluding hydrogens is 314 g/mol. The second-order valence-corrected chi connectivity index (χ2v) is 6.06. The van der Waals surface area contributed by atoms with Crippen LogP contribution in [0.15, 0.2) is 17.6 Å². The molecule has 8 heteroatoms. The summed E-state index contributed by atoms with van der Waals surface area (Å²) >= 11 is 1.35. The predicted molar refractivity (Wildman–Crippen MR) is 91.2 cm³/mol. The van der Waals surface area contributed by atoms with E-state index in [1.807, 2.05) is 5.38 Å². The SMILES string of the molecule is NCCCCCCC(=O)Nc1nc(-c2c[nH]c(C(N)=O)c2)cs1. The lowest BCUT2D eigenvalue weighted by Crippen LogP contribution is -2.11. The topological polar surface area (TPSA) is 127 Å². The first kappa shape index (κ1) is 17.2. The third kappa shape index (κ3) is 5.19. The van der Waals surface area contributed by atoms with E-state index in [2.05, 4.69) is 15.3 Å². The molecule has 0 aromatic carbocycles. The molecule has 2 heterocycles. The molecule has 0 spiro atoms. The van der Waals surface area contributed by atoms with E-state index in [9.17, 15) is 9.59 Å². The molecule has 0 atom stereocenters. The number of aromatic amines is 1. The van der Waals surface area contributed by atoms with E-state index in [-0.39, 0.29) is 5.91 Å². The number of hydrogen-bond donors (Lipinski definition) is 4. The molecule has 0 aliphatic carbocycles. The normalized spacial score (nSPS) is 10.7. The van der Waals surface area contributed by atoms with Gasteiger partial charge in [-0.25, -0.2) is 4.98 Å². The smallest absolute Gasteiger partial charge is 0.265 e. The summed E-state index contributed by atoms with van der Waals surface area (Å²) in [5.74, 6) is -0.555. The van der Waals surface area contributed by atoms with Crippen molar-refractivity contribution >= 4 is 28.3 Å². The zero-order valence-corrected chi connectivity index (χ0v) is 13.6. The number of nitrogens with one attached hydrogen (secondary N) is 2. The molecule has 0 unspecified atom stereocenters. The molecule has 0 fully saturated rings. The molecule has 6 N–H and O–H groups in total. The number of hydrogen-bond acceptors (Lipinski definition) is 5. The summed E-state index contributed by atoms with van der Waals surface area (Å²) < 4.78 is 0. The minimum atomic E-state index is -0.519. The highest BCUT2D eigenvalue weighted by Crippen LogP contribution is 2.25. The first-order valence-corrected chi connectivity index (χ1v) is 8.42. The minimum absolute atomic E-state index is 0.0365. The number of rotatable bonds is 9. The summed E-state index contributed by atoms with van der Waals surface area (Å²) in [6.07, 6.45) is 6.06. The number of aromatic nitrogens is 2. The highest BCUT2D eigenvalue weighted by atomic mass is 32.1. The molecule has 124 valence electrons. The molecule has 0 saturated heterocycles. The molecule has 2 amide bonds. The van der Waals surface area contributed by atoms with Crippen molar-refractivity contribution in [2.75, 3.05) is 11.9 Å². The second-order valence-electron chi connectivity index (χ2n) is 5.21. The monoisotopic (exact) mass is 335 g/mol. The van der Waals surface area contributed by atoms with Gasteiger partial charge in [0.25, 0.3) is 5.91 Å². The standard InChI is InChI=1S/C15H21N5O2S/c16-6-4-2-1-3-5-13(21)20-15-19-12(9-23-15)10-7-11(14(17)22)18-8-10/h7-9,18H,1-6,16H2,(H2,17,22)(H,19,20,21). The summed E-state index contributed by atoms with van der Waals surface area (Å²) in [4.78, 5) is 30.1. The maximum Gasteiger partial charge on any atom is 0.265 e. The number of thiazole rings is 1. The van der Waals surface area contributed by atoms with Crippen LogP contribution in [-0.2, 0) is 4.79 Å². The highest BCUT2D eigenvalue weighted by molar-refractivity contribution is 7.14. The summed E-state index contributed by atoms with van der Waals surface area (Å²) in [5, 5.41) is 5.17. The summed E-state index contributed by atoms with van der Waals surface area (Å²) in [7, 11) is 0. The molecule has 0 bridgehead atoms. The second kappa shape index (κ2) is 8.44. The van der Waals surface area contributed by atoms with Crippen LogP contribution < -0.4 is 16.8 Å². The summed E-state index contributed by atoms with van der Waals surface area (Å²) in [5.41, 5.74) is 12.4. The van der Waals surface area contributed by atoms with Crippen LogP contribution in [0.1, 0.15) is 42.6 Å². The largest absolute Gasteiger partial charge is 0.364 e. The molecule has 0 saturated carbocycles. The van der Waals surface area contributed by atoms with Crippen molar-refractivity contribution < 1.29 is 9.59 Å². The van der Waals surface area contributed by atoms with E-state index in [1.54, 1.807) is 12.3 Å². The van der Waals surface area contributed by atoms with E-state index in [4.69, 9.17) is 11.5 Å². The van der Waals surface area contributed by atoms with Gasteiger partial charge in [0.2, 0.25) is 5.91 Å². The Morgan fingerprint density at radius 3 is 2.74 bits per heavy atom. The molecule has 0 radical (unpaired) electrons. The van der Waals surface area contributed by atoms with E-state index >= 15 is 0 Å². The quantitative estimate of drug-likeness (QED) is 0.523. The fraction of sp³-hybridized carbons (Fsp3) is 0.400. The Bertz CT molecular complexity index is 664. The number of amides is 2. The fourth-order valence-corrected chi connectivity index (χ4v) is 2.85. The van der Waals surface area contributed by atoms with Crippen molar-refractivity contribution in [3.8, 4) is 11.3 Å². The Balaban J connectivity index is 1.84. The Labute approximate surface area is 138 Å². The zero-order chi connectivity index (χ0) is 16.7. The van der Waals surface area contributed by atoms with Gasteiger partial charge in [-0.3, -0.25) is 9.59 Å². The van der Waals surface area contributed by atoms with Gasteiger partial charge in [-0.15, -0.1) is 11.3 Å². The third-order valence-corrected chi connectivity index (χ3v) is 4.11. The van der Waals surface area contributed by atoms with Gasteiger partial charge in [0.05, 0.1) is 5.69 Å². The number of nitrogens with zero attached hydrogens (tertiary/aromatic N) is 1. The van der Waals surface area contributed by atoms with Crippen LogP contribution in [0, 0.1) is 0 Å². The van der Waals surface area contributed by atoms with Gasteiger partial charge in [-0.05, 0) is 25.5 Å². The number of H-pyrrole nitrogens is 1. The van der Waals surface area contributed by atoms with E-state index in [1.165, 1.54) is 11.3 Å². The van der Waals surface area contributed by atoms with Gasteiger partial charge in [0.15, 0.2) is 5.13 Å². The van der Waals surface area contributed by atoms with Crippen molar-refractivity contribution in [1.29, 1.82) is 0 Å². The Morgan fingerprint density at radius 2 is 2.04 bits per heavy atom. The predicted octanol–water partition coefficient (Wildman–Crippen LogP) is 2.08. The van der Waals surface area contributed by atoms with Gasteiger partial charge in [0, 0.05) is 23.6 Å².